The van der Waals surface area contributed by atoms with Gasteiger partial charge in [-0.1, -0.05) is 6.42 Å². The number of hydrogen-bond donors (Lipinski definition) is 0. The van der Waals surface area contributed by atoms with Crippen molar-refractivity contribution >= 4 is 0 Å². The second-order valence-electron chi connectivity index (χ2n) is 7.11. The third kappa shape index (κ3) is 2.97. The van der Waals surface area contributed by atoms with Gasteiger partial charge in [-0.25, -0.2) is 0 Å². The highest BCUT2D eigenvalue weighted by atomic mass is 16.4. The quantitative estimate of drug-likeness (QED) is 0.861. The van der Waals surface area contributed by atoms with Crippen LogP contribution in [0, 0.1) is 6.92 Å². The third-order valence-corrected chi connectivity index (χ3v) is 5.40. The Hall–Kier alpha value is -1.76. The molecule has 0 aromatic carbocycles. The number of hydrogen-bond acceptors (Lipinski definition) is 6. The average molecular weight is 330 g/mol. The zero-order valence-electron chi connectivity index (χ0n) is 14.6. The molecule has 7 nitrogen and oxygen atoms in total. The molecule has 1 saturated heterocycles. The van der Waals surface area contributed by atoms with E-state index in [4.69, 9.17) is 4.42 Å². The summed E-state index contributed by atoms with van der Waals surface area (Å²) in [5, 5.41) is 17.2. The first-order valence-corrected chi connectivity index (χ1v) is 9.18. The van der Waals surface area contributed by atoms with E-state index < -0.39 is 0 Å². The number of aromatic nitrogens is 5. The van der Waals surface area contributed by atoms with Crippen molar-refractivity contribution in [3.63, 3.8) is 0 Å². The average Bonchev–Trinajstić information content (AvgIpc) is 3.14. The van der Waals surface area contributed by atoms with Crippen LogP contribution in [0.2, 0.25) is 0 Å². The Balaban J connectivity index is 1.52. The summed E-state index contributed by atoms with van der Waals surface area (Å²) in [6.07, 6.45) is 7.21. The van der Waals surface area contributed by atoms with Gasteiger partial charge in [-0.15, -0.1) is 20.4 Å². The number of piperidine rings is 1. The molecule has 0 radical (unpaired) electrons. The van der Waals surface area contributed by atoms with Crippen molar-refractivity contribution < 1.29 is 4.42 Å². The number of likely N-dealkylation sites (tertiary alicyclic amines) is 1. The van der Waals surface area contributed by atoms with E-state index in [1.807, 2.05) is 6.92 Å². The fourth-order valence-corrected chi connectivity index (χ4v) is 4.02. The summed E-state index contributed by atoms with van der Waals surface area (Å²) in [6, 6.07) is 0.153. The fraction of sp³-hybridized carbons (Fsp3) is 0.765. The van der Waals surface area contributed by atoms with E-state index in [0.717, 1.165) is 26.1 Å². The van der Waals surface area contributed by atoms with E-state index in [1.165, 1.54) is 43.8 Å². The summed E-state index contributed by atoms with van der Waals surface area (Å²) in [7, 11) is 0. The molecule has 130 valence electrons. The van der Waals surface area contributed by atoms with Crippen molar-refractivity contribution in [3.8, 4) is 0 Å². The van der Waals surface area contributed by atoms with Gasteiger partial charge in [0.1, 0.15) is 11.6 Å². The third-order valence-electron chi connectivity index (χ3n) is 5.40. The first-order valence-electron chi connectivity index (χ1n) is 9.18. The van der Waals surface area contributed by atoms with Gasteiger partial charge in [-0.3, -0.25) is 4.90 Å². The van der Waals surface area contributed by atoms with Crippen LogP contribution in [0.3, 0.4) is 0 Å². The molecule has 24 heavy (non-hydrogen) atoms. The molecule has 2 unspecified atom stereocenters. The molecule has 2 atom stereocenters. The molecule has 1 fully saturated rings. The largest absolute Gasteiger partial charge is 0.424 e. The maximum absolute atomic E-state index is 5.63. The second kappa shape index (κ2) is 6.63. The van der Waals surface area contributed by atoms with E-state index in [2.05, 4.69) is 36.8 Å². The molecule has 7 heteroatoms. The van der Waals surface area contributed by atoms with Gasteiger partial charge in [-0.05, 0) is 39.2 Å². The standard InChI is InChI=1S/C17H26N6O/c1-12(17-21-18-13(2)24-17)22-9-6-7-14(11-22)16-20-19-15-8-4-3-5-10-23(15)16/h12,14H,3-11H2,1-2H3. The molecule has 0 spiro atoms. The van der Waals surface area contributed by atoms with Gasteiger partial charge in [0.25, 0.3) is 0 Å². The minimum atomic E-state index is 0.153. The first-order chi connectivity index (χ1) is 11.7. The summed E-state index contributed by atoms with van der Waals surface area (Å²) in [4.78, 5) is 2.44. The van der Waals surface area contributed by atoms with Gasteiger partial charge in [0.15, 0.2) is 0 Å². The van der Waals surface area contributed by atoms with E-state index in [-0.39, 0.29) is 6.04 Å². The van der Waals surface area contributed by atoms with Crippen LogP contribution in [0.1, 0.15) is 74.4 Å². The summed E-state index contributed by atoms with van der Waals surface area (Å²) < 4.78 is 8.03. The van der Waals surface area contributed by atoms with Gasteiger partial charge in [-0.2, -0.15) is 0 Å². The molecule has 0 saturated carbocycles. The van der Waals surface area contributed by atoms with E-state index in [0.29, 0.717) is 17.7 Å². The number of rotatable bonds is 3. The zero-order valence-corrected chi connectivity index (χ0v) is 14.6. The molecule has 4 heterocycles. The maximum Gasteiger partial charge on any atom is 0.233 e. The first kappa shape index (κ1) is 15.7. The Bertz CT molecular complexity index is 693. The van der Waals surface area contributed by atoms with Crippen molar-refractivity contribution in [3.05, 3.63) is 23.4 Å². The van der Waals surface area contributed by atoms with E-state index in [9.17, 15) is 0 Å². The van der Waals surface area contributed by atoms with Crippen molar-refractivity contribution in [1.29, 1.82) is 0 Å². The predicted molar refractivity (Wildman–Crippen MR) is 88.6 cm³/mol. The van der Waals surface area contributed by atoms with Gasteiger partial charge in [0, 0.05) is 32.4 Å². The topological polar surface area (TPSA) is 72.9 Å². The highest BCUT2D eigenvalue weighted by molar-refractivity contribution is 5.06. The number of nitrogens with zero attached hydrogens (tertiary/aromatic N) is 6. The van der Waals surface area contributed by atoms with E-state index in [1.54, 1.807) is 0 Å². The van der Waals surface area contributed by atoms with Crippen LogP contribution in [0.25, 0.3) is 0 Å². The smallest absolute Gasteiger partial charge is 0.233 e. The lowest BCUT2D eigenvalue weighted by atomic mass is 9.96. The van der Waals surface area contributed by atoms with Crippen LogP contribution >= 0.6 is 0 Å². The van der Waals surface area contributed by atoms with Crippen LogP contribution in [0.4, 0.5) is 0 Å². The lowest BCUT2D eigenvalue weighted by molar-refractivity contribution is 0.134. The van der Waals surface area contributed by atoms with Crippen LogP contribution in [0.15, 0.2) is 4.42 Å². The summed E-state index contributed by atoms with van der Waals surface area (Å²) in [5.74, 6) is 4.16. The summed E-state index contributed by atoms with van der Waals surface area (Å²) in [5.41, 5.74) is 0. The highest BCUT2D eigenvalue weighted by Gasteiger charge is 2.31. The SMILES string of the molecule is Cc1nnc(C(C)N2CCCC(c3nnc4n3CCCCC4)C2)o1. The minimum absolute atomic E-state index is 0.153. The van der Waals surface area contributed by atoms with Crippen LogP contribution in [0.5, 0.6) is 0 Å². The molecule has 0 aliphatic carbocycles. The fourth-order valence-electron chi connectivity index (χ4n) is 4.02. The monoisotopic (exact) mass is 330 g/mol. The number of aryl methyl sites for hydroxylation is 2. The molecule has 4 rings (SSSR count). The Morgan fingerprint density at radius 3 is 2.79 bits per heavy atom. The molecular weight excluding hydrogens is 304 g/mol. The number of fused-ring (bicyclic) bond motifs is 1. The lowest BCUT2D eigenvalue weighted by Crippen LogP contribution is -2.37. The van der Waals surface area contributed by atoms with E-state index >= 15 is 0 Å². The van der Waals surface area contributed by atoms with Crippen molar-refractivity contribution in [1.82, 2.24) is 29.9 Å². The van der Waals surface area contributed by atoms with Gasteiger partial charge in [0.2, 0.25) is 11.8 Å². The molecule has 2 aromatic heterocycles. The van der Waals surface area contributed by atoms with Gasteiger partial charge >= 0.3 is 0 Å². The molecule has 2 aromatic rings. The van der Waals surface area contributed by atoms with Crippen LogP contribution in [-0.2, 0) is 13.0 Å². The maximum atomic E-state index is 5.63. The Labute approximate surface area is 142 Å². The normalized spacial score (nSPS) is 23.7. The van der Waals surface area contributed by atoms with Gasteiger partial charge < -0.3 is 8.98 Å². The van der Waals surface area contributed by atoms with Crippen LogP contribution < -0.4 is 0 Å². The van der Waals surface area contributed by atoms with Gasteiger partial charge in [0.05, 0.1) is 6.04 Å². The van der Waals surface area contributed by atoms with Crippen LogP contribution in [-0.4, -0.2) is 43.0 Å². The Kier molecular flexibility index (Phi) is 4.35. The molecule has 2 aliphatic heterocycles. The minimum Gasteiger partial charge on any atom is -0.424 e. The van der Waals surface area contributed by atoms with Crippen molar-refractivity contribution in [2.75, 3.05) is 13.1 Å². The predicted octanol–water partition coefficient (Wildman–Crippen LogP) is 2.64. The van der Waals surface area contributed by atoms with Crippen molar-refractivity contribution in [2.24, 2.45) is 0 Å². The Morgan fingerprint density at radius 2 is 1.96 bits per heavy atom. The Morgan fingerprint density at radius 1 is 1.04 bits per heavy atom. The zero-order chi connectivity index (χ0) is 16.5. The summed E-state index contributed by atoms with van der Waals surface area (Å²) >= 11 is 0. The molecule has 0 amide bonds. The molecule has 2 aliphatic rings. The summed E-state index contributed by atoms with van der Waals surface area (Å²) in [6.45, 7) is 7.13. The van der Waals surface area contributed by atoms with Crippen molar-refractivity contribution in [2.45, 2.75) is 70.9 Å². The lowest BCUT2D eigenvalue weighted by Gasteiger charge is -2.35. The molecule has 0 bridgehead atoms. The highest BCUT2D eigenvalue weighted by Crippen LogP contribution is 2.32. The molecule has 0 N–H and O–H groups in total. The second-order valence-corrected chi connectivity index (χ2v) is 7.11. The molecular formula is C17H26N6O.